The third-order valence-electron chi connectivity index (χ3n) is 4.93. The summed E-state index contributed by atoms with van der Waals surface area (Å²) in [6, 6.07) is 17.1. The van der Waals surface area contributed by atoms with E-state index in [-0.39, 0.29) is 21.1 Å². The number of fused-ring (bicyclic) bond motifs is 10. The quantitative estimate of drug-likeness (QED) is 0.215. The Labute approximate surface area is 207 Å². The smallest absolute Gasteiger partial charge is 0.358 e. The number of aromatic nitrogens is 4. The second-order valence-corrected chi connectivity index (χ2v) is 8.60. The van der Waals surface area contributed by atoms with Gasteiger partial charge >= 0.3 is 21.1 Å². The molecule has 5 aromatic rings. The number of hydrogen-bond acceptors (Lipinski definition) is 8. The Morgan fingerprint density at radius 3 is 1.81 bits per heavy atom. The minimum atomic E-state index is 0. The van der Waals surface area contributed by atoms with E-state index in [0.717, 1.165) is 49.8 Å². The van der Waals surface area contributed by atoms with E-state index < -0.39 is 0 Å². The fraction of sp³-hybridized carbons (Fsp3) is 0.0435. The van der Waals surface area contributed by atoms with Crippen LogP contribution in [-0.2, 0) is 21.1 Å². The van der Waals surface area contributed by atoms with Crippen molar-refractivity contribution in [3.8, 4) is 22.5 Å². The van der Waals surface area contributed by atoms with Gasteiger partial charge in [0.25, 0.3) is 0 Å². The monoisotopic (exact) mass is 633 g/mol. The van der Waals surface area contributed by atoms with E-state index in [4.69, 9.17) is 9.97 Å². The first-order valence-corrected chi connectivity index (χ1v) is 11.3. The van der Waals surface area contributed by atoms with E-state index in [1.54, 1.807) is 47.5 Å². The van der Waals surface area contributed by atoms with Crippen LogP contribution in [0.15, 0.2) is 65.9 Å². The maximum atomic E-state index is 4.81. The van der Waals surface area contributed by atoms with Crippen molar-refractivity contribution in [3.05, 3.63) is 78.0 Å². The van der Waals surface area contributed by atoms with E-state index in [1.807, 2.05) is 57.9 Å². The summed E-state index contributed by atoms with van der Waals surface area (Å²) in [5, 5.41) is 5.78. The Morgan fingerprint density at radius 2 is 1.28 bits per heavy atom. The van der Waals surface area contributed by atoms with Gasteiger partial charge in [0.1, 0.15) is 0 Å². The zero-order valence-corrected chi connectivity index (χ0v) is 20.6. The normalized spacial score (nSPS) is 12.2. The van der Waals surface area contributed by atoms with Gasteiger partial charge in [0.15, 0.2) is 10.3 Å². The summed E-state index contributed by atoms with van der Waals surface area (Å²) in [6.45, 7) is 0. The summed E-state index contributed by atoms with van der Waals surface area (Å²) in [5.74, 6) is 0. The van der Waals surface area contributed by atoms with Gasteiger partial charge in [-0.3, -0.25) is 14.9 Å². The molecular formula is C23H14N6PtS2. The zero-order chi connectivity index (χ0) is 20.8. The first-order valence-electron chi connectivity index (χ1n) is 9.51. The van der Waals surface area contributed by atoms with Crippen molar-refractivity contribution in [2.45, 2.75) is 0 Å². The van der Waals surface area contributed by atoms with Crippen LogP contribution in [0.5, 0.6) is 0 Å². The molecule has 4 aromatic heterocycles. The maximum Gasteiger partial charge on any atom is 2.00 e. The molecule has 0 unspecified atom stereocenters. The molecule has 6 rings (SSSR count). The molecule has 32 heavy (non-hydrogen) atoms. The van der Waals surface area contributed by atoms with Gasteiger partial charge in [0.2, 0.25) is 0 Å². The predicted octanol–water partition coefficient (Wildman–Crippen LogP) is 5.87. The van der Waals surface area contributed by atoms with Gasteiger partial charge in [-0.1, -0.05) is 30.6 Å². The summed E-state index contributed by atoms with van der Waals surface area (Å²) in [6.07, 6.45) is 7.17. The number of anilines is 5. The van der Waals surface area contributed by atoms with Crippen LogP contribution in [0.2, 0.25) is 0 Å². The average Bonchev–Trinajstić information content (AvgIpc) is 3.50. The largest absolute Gasteiger partial charge is 2.00 e. The van der Waals surface area contributed by atoms with Gasteiger partial charge in [-0.05, 0) is 46.7 Å². The first kappa shape index (κ1) is 20.9. The Morgan fingerprint density at radius 1 is 0.750 bits per heavy atom. The molecule has 0 spiro atoms. The summed E-state index contributed by atoms with van der Waals surface area (Å²) in [4.78, 5) is 22.7. The molecule has 1 aliphatic rings. The maximum absolute atomic E-state index is 4.81. The van der Waals surface area contributed by atoms with E-state index in [2.05, 4.69) is 22.1 Å². The summed E-state index contributed by atoms with van der Waals surface area (Å²) in [7, 11) is 1.98. The number of para-hydroxylation sites is 1. The third kappa shape index (κ3) is 3.64. The Kier molecular flexibility index (Phi) is 5.59. The average molecular weight is 634 g/mol. The molecule has 0 radical (unpaired) electrons. The Bertz CT molecular complexity index is 1300. The second-order valence-electron chi connectivity index (χ2n) is 6.92. The molecule has 0 N–H and O–H groups in total. The van der Waals surface area contributed by atoms with Crippen LogP contribution in [0.4, 0.5) is 27.3 Å². The van der Waals surface area contributed by atoms with Gasteiger partial charge < -0.3 is 14.9 Å². The fourth-order valence-electron chi connectivity index (χ4n) is 3.41. The standard InChI is InChI=1S/C23H14N6S2.Pt/c1-28-22-26-20(13-30-22)15-7-18(11-24-9-15)29(17-5-3-2-4-6-17)19-8-16(10-25-12-19)21-14-31-23(28)27-21;/h2-6,9-14H,1H3;/q-2;+2. The minimum Gasteiger partial charge on any atom is -0.358 e. The summed E-state index contributed by atoms with van der Waals surface area (Å²) >= 11 is 3.14. The molecule has 0 atom stereocenters. The molecule has 0 saturated heterocycles. The van der Waals surface area contributed by atoms with Crippen molar-refractivity contribution in [2.75, 3.05) is 16.8 Å². The fourth-order valence-corrected chi connectivity index (χ4v) is 5.05. The van der Waals surface area contributed by atoms with Crippen LogP contribution in [-0.4, -0.2) is 27.0 Å². The van der Waals surface area contributed by atoms with Crippen molar-refractivity contribution < 1.29 is 21.1 Å². The Balaban J connectivity index is 0.00000216. The summed E-state index contributed by atoms with van der Waals surface area (Å²) < 4.78 is 0. The van der Waals surface area contributed by atoms with Crippen molar-refractivity contribution in [2.24, 2.45) is 0 Å². The molecule has 1 aliphatic heterocycles. The van der Waals surface area contributed by atoms with Crippen molar-refractivity contribution in [1.82, 2.24) is 19.9 Å². The van der Waals surface area contributed by atoms with Crippen LogP contribution < -0.4 is 9.80 Å². The number of benzene rings is 1. The molecule has 5 heterocycles. The molecule has 0 aliphatic carbocycles. The van der Waals surface area contributed by atoms with Crippen LogP contribution in [0, 0.1) is 12.1 Å². The number of hydrogen-bond donors (Lipinski definition) is 0. The molecule has 0 saturated carbocycles. The van der Waals surface area contributed by atoms with Crippen LogP contribution >= 0.6 is 22.7 Å². The number of rotatable bonds is 1. The number of thiazole rings is 2. The zero-order valence-electron chi connectivity index (χ0n) is 16.7. The first-order chi connectivity index (χ1) is 15.3. The summed E-state index contributed by atoms with van der Waals surface area (Å²) in [5.41, 5.74) is 5.87. The van der Waals surface area contributed by atoms with E-state index in [9.17, 15) is 0 Å². The van der Waals surface area contributed by atoms with E-state index in [1.165, 1.54) is 0 Å². The third-order valence-corrected chi connectivity index (χ3v) is 6.77. The van der Waals surface area contributed by atoms with Gasteiger partial charge in [0.05, 0.1) is 0 Å². The number of nitrogens with zero attached hydrogens (tertiary/aromatic N) is 6. The van der Waals surface area contributed by atoms with Crippen molar-refractivity contribution in [3.63, 3.8) is 0 Å². The molecule has 158 valence electrons. The molecule has 9 heteroatoms. The second kappa shape index (κ2) is 8.54. The van der Waals surface area contributed by atoms with Gasteiger partial charge in [0, 0.05) is 24.1 Å². The van der Waals surface area contributed by atoms with Gasteiger partial charge in [-0.25, -0.2) is 0 Å². The molecular weight excluding hydrogens is 620 g/mol. The van der Waals surface area contributed by atoms with Gasteiger partial charge in [-0.2, -0.15) is 0 Å². The van der Waals surface area contributed by atoms with Crippen molar-refractivity contribution in [1.29, 1.82) is 0 Å². The molecule has 6 nitrogen and oxygen atoms in total. The topological polar surface area (TPSA) is 58.0 Å². The van der Waals surface area contributed by atoms with Crippen LogP contribution in [0.25, 0.3) is 22.5 Å². The Hall–Kier alpha value is -2.93. The molecule has 0 amide bonds. The van der Waals surface area contributed by atoms with E-state index in [0.29, 0.717) is 0 Å². The van der Waals surface area contributed by atoms with Crippen LogP contribution in [0.3, 0.4) is 0 Å². The molecule has 0 fully saturated rings. The van der Waals surface area contributed by atoms with Gasteiger partial charge in [-0.15, -0.1) is 45.9 Å². The van der Waals surface area contributed by atoms with Crippen LogP contribution in [0.1, 0.15) is 0 Å². The molecule has 8 bridgehead atoms. The van der Waals surface area contributed by atoms with E-state index >= 15 is 0 Å². The predicted molar refractivity (Wildman–Crippen MR) is 125 cm³/mol. The number of pyridine rings is 2. The minimum absolute atomic E-state index is 0. The molecule has 1 aromatic carbocycles. The SMILES string of the molecule is CN1c2nc(cs2)-c2[c-]c(cnc2)N(c2ccccc2)c2[c-]c(cnc2)-c2csc1n2.[Pt+2]. The van der Waals surface area contributed by atoms with Crippen molar-refractivity contribution >= 4 is 50.0 Å².